The fourth-order valence-electron chi connectivity index (χ4n) is 3.77. The summed E-state index contributed by atoms with van der Waals surface area (Å²) >= 11 is 0. The van der Waals surface area contributed by atoms with Gasteiger partial charge in [0.2, 0.25) is 0 Å². The number of nitrogens with zero attached hydrogens (tertiary/aromatic N) is 1. The van der Waals surface area contributed by atoms with E-state index in [4.69, 9.17) is 10.5 Å². The molecule has 2 aromatic heterocycles. The van der Waals surface area contributed by atoms with Crippen LogP contribution in [0.25, 0.3) is 32.6 Å². The molecule has 0 saturated heterocycles. The summed E-state index contributed by atoms with van der Waals surface area (Å²) in [6.07, 6.45) is 5.01. The van der Waals surface area contributed by atoms with Crippen LogP contribution < -0.4 is 10.3 Å². The van der Waals surface area contributed by atoms with Crippen LogP contribution in [0.15, 0.2) is 42.7 Å². The molecule has 0 aliphatic carbocycles. The number of aromatic nitrogens is 2. The predicted molar refractivity (Wildman–Crippen MR) is 103 cm³/mol. The van der Waals surface area contributed by atoms with Crippen molar-refractivity contribution < 1.29 is 14.1 Å². The smallest absolute Gasteiger partial charge is 0.340 e. The van der Waals surface area contributed by atoms with Crippen molar-refractivity contribution in [1.82, 2.24) is 4.98 Å². The Morgan fingerprint density at radius 3 is 2.77 bits per heavy atom. The van der Waals surface area contributed by atoms with Crippen molar-refractivity contribution in [3.63, 3.8) is 0 Å². The molecule has 0 bridgehead atoms. The van der Waals surface area contributed by atoms with Crippen LogP contribution >= 0.6 is 0 Å². The van der Waals surface area contributed by atoms with Crippen molar-refractivity contribution in [3.05, 3.63) is 53.9 Å². The molecule has 5 heteroatoms. The average molecular weight is 348 g/mol. The summed E-state index contributed by atoms with van der Waals surface area (Å²) < 4.78 is 7.23. The highest BCUT2D eigenvalue weighted by Crippen LogP contribution is 2.36. The maximum atomic E-state index is 12.6. The second-order valence-corrected chi connectivity index (χ2v) is 6.56. The number of carbonyl (C=O) groups is 1. The highest BCUT2D eigenvalue weighted by Gasteiger charge is 2.22. The molecule has 3 N–H and O–H groups in total. The molecule has 0 atom stereocenters. The van der Waals surface area contributed by atoms with E-state index < -0.39 is 0 Å². The number of nitrogens with one attached hydrogen (secondary N) is 1. The van der Waals surface area contributed by atoms with E-state index >= 15 is 0 Å². The summed E-state index contributed by atoms with van der Waals surface area (Å²) in [6, 6.07) is 10.1. The first-order valence-electron chi connectivity index (χ1n) is 8.80. The number of H-pyrrole nitrogens is 1. The van der Waals surface area contributed by atoms with Gasteiger partial charge in [-0.25, -0.2) is 9.36 Å². The van der Waals surface area contributed by atoms with Crippen LogP contribution in [0.5, 0.6) is 0 Å². The van der Waals surface area contributed by atoms with Gasteiger partial charge in [-0.05, 0) is 25.1 Å². The number of pyridine rings is 1. The van der Waals surface area contributed by atoms with Crippen LogP contribution in [0.4, 0.5) is 0 Å². The molecular formula is C21H22N3O2+. The number of methoxy groups -OCH3 is 1. The van der Waals surface area contributed by atoms with Crippen molar-refractivity contribution >= 4 is 38.5 Å². The van der Waals surface area contributed by atoms with Gasteiger partial charge in [0.05, 0.1) is 23.6 Å². The molecule has 0 aliphatic rings. The molecule has 0 unspecified atom stereocenters. The van der Waals surface area contributed by atoms with Gasteiger partial charge in [0, 0.05) is 34.2 Å². The summed E-state index contributed by atoms with van der Waals surface area (Å²) in [4.78, 5) is 16.0. The van der Waals surface area contributed by atoms with Gasteiger partial charge in [-0.2, -0.15) is 0 Å². The van der Waals surface area contributed by atoms with E-state index in [0.717, 1.165) is 51.1 Å². The largest absolute Gasteiger partial charge is 0.465 e. The maximum absolute atomic E-state index is 12.6. The number of hydrogen-bond acceptors (Lipinski definition) is 3. The van der Waals surface area contributed by atoms with Gasteiger partial charge >= 0.3 is 5.97 Å². The first-order valence-corrected chi connectivity index (χ1v) is 8.80. The van der Waals surface area contributed by atoms with Crippen molar-refractivity contribution in [2.45, 2.75) is 19.9 Å². The molecule has 0 saturated carbocycles. The zero-order valence-electron chi connectivity index (χ0n) is 15.0. The number of aromatic amines is 1. The lowest BCUT2D eigenvalue weighted by Gasteiger charge is -2.10. The fraction of sp³-hybridized carbons (Fsp3) is 0.238. The number of hydrogen-bond donors (Lipinski definition) is 2. The zero-order valence-corrected chi connectivity index (χ0v) is 15.0. The quantitative estimate of drug-likeness (QED) is 0.439. The van der Waals surface area contributed by atoms with E-state index in [9.17, 15) is 4.79 Å². The molecule has 26 heavy (non-hydrogen) atoms. The summed E-state index contributed by atoms with van der Waals surface area (Å²) in [5.74, 6) is -0.328. The van der Waals surface area contributed by atoms with E-state index in [0.29, 0.717) is 12.1 Å². The number of fused-ring (bicyclic) bond motifs is 4. The van der Waals surface area contributed by atoms with E-state index in [2.05, 4.69) is 28.7 Å². The number of nitrogens with two attached hydrogens (primary N) is 1. The van der Waals surface area contributed by atoms with Gasteiger partial charge in [-0.1, -0.05) is 18.2 Å². The van der Waals surface area contributed by atoms with E-state index in [1.165, 1.54) is 7.11 Å². The van der Waals surface area contributed by atoms with Crippen LogP contribution in [0, 0.1) is 6.92 Å². The third-order valence-electron chi connectivity index (χ3n) is 5.03. The maximum Gasteiger partial charge on any atom is 0.340 e. The van der Waals surface area contributed by atoms with Crippen molar-refractivity contribution in [2.75, 3.05) is 13.7 Å². The van der Waals surface area contributed by atoms with Gasteiger partial charge in [0.1, 0.15) is 6.54 Å². The van der Waals surface area contributed by atoms with E-state index in [1.54, 1.807) is 0 Å². The molecule has 4 aromatic rings. The predicted octanol–water partition coefficient (Wildman–Crippen LogP) is 3.21. The molecule has 5 nitrogen and oxygen atoms in total. The SMILES string of the molecule is COC(=O)c1c2cc[n+](CCCN)cc2c(C)c2c1[nH]c1ccccc12. The van der Waals surface area contributed by atoms with Crippen LogP contribution in [0.2, 0.25) is 0 Å². The third-order valence-corrected chi connectivity index (χ3v) is 5.03. The lowest BCUT2D eigenvalue weighted by molar-refractivity contribution is -0.695. The molecule has 0 spiro atoms. The normalized spacial score (nSPS) is 11.5. The van der Waals surface area contributed by atoms with Crippen LogP contribution in [0.3, 0.4) is 0 Å². The number of carbonyl (C=O) groups excluding carboxylic acids is 1. The fourth-order valence-corrected chi connectivity index (χ4v) is 3.77. The molecular weight excluding hydrogens is 326 g/mol. The lowest BCUT2D eigenvalue weighted by atomic mass is 9.96. The molecule has 0 aliphatic heterocycles. The number of benzene rings is 2. The van der Waals surface area contributed by atoms with Gasteiger partial charge in [0.15, 0.2) is 12.4 Å². The first-order chi connectivity index (χ1) is 12.7. The second-order valence-electron chi connectivity index (χ2n) is 6.56. The number of esters is 1. The number of ether oxygens (including phenoxy) is 1. The molecule has 2 heterocycles. The molecule has 2 aromatic carbocycles. The Morgan fingerprint density at radius 1 is 1.19 bits per heavy atom. The zero-order chi connectivity index (χ0) is 18.3. The summed E-state index contributed by atoms with van der Waals surface area (Å²) in [5, 5.41) is 4.15. The minimum Gasteiger partial charge on any atom is -0.465 e. The Hall–Kier alpha value is -2.92. The van der Waals surface area contributed by atoms with Crippen molar-refractivity contribution in [2.24, 2.45) is 5.73 Å². The topological polar surface area (TPSA) is 72.0 Å². The van der Waals surface area contributed by atoms with Crippen LogP contribution in [-0.2, 0) is 11.3 Å². The first kappa shape index (κ1) is 16.5. The average Bonchev–Trinajstić information content (AvgIpc) is 3.05. The molecule has 4 rings (SSSR count). The highest BCUT2D eigenvalue weighted by atomic mass is 16.5. The summed E-state index contributed by atoms with van der Waals surface area (Å²) in [6.45, 7) is 3.61. The number of rotatable bonds is 4. The van der Waals surface area contributed by atoms with E-state index in [-0.39, 0.29) is 5.97 Å². The van der Waals surface area contributed by atoms with E-state index in [1.807, 2.05) is 30.5 Å². The Balaban J connectivity index is 2.14. The number of para-hydroxylation sites is 1. The van der Waals surface area contributed by atoms with Gasteiger partial charge in [-0.15, -0.1) is 0 Å². The standard InChI is InChI=1S/C21H21N3O2/c1-13-16-12-24(10-5-9-22)11-8-14(16)19(21(25)26-2)20-18(13)15-6-3-4-7-17(15)23-20/h3-4,6-8,11-12H,5,9-10,22H2,1-2H3/p+1. The van der Waals surface area contributed by atoms with Gasteiger partial charge in [-0.3, -0.25) is 0 Å². The monoisotopic (exact) mass is 348 g/mol. The summed E-state index contributed by atoms with van der Waals surface area (Å²) in [5.41, 5.74) is 9.24. The molecule has 0 fully saturated rings. The Morgan fingerprint density at radius 2 is 2.00 bits per heavy atom. The van der Waals surface area contributed by atoms with Gasteiger partial charge < -0.3 is 15.5 Å². The Labute approximate surface area is 151 Å². The van der Waals surface area contributed by atoms with Crippen molar-refractivity contribution in [3.8, 4) is 0 Å². The molecule has 132 valence electrons. The third kappa shape index (κ3) is 2.44. The van der Waals surface area contributed by atoms with Crippen LogP contribution in [-0.4, -0.2) is 24.6 Å². The molecule has 0 radical (unpaired) electrons. The molecule has 0 amide bonds. The summed E-state index contributed by atoms with van der Waals surface area (Å²) in [7, 11) is 1.42. The minimum absolute atomic E-state index is 0.328. The van der Waals surface area contributed by atoms with Crippen LogP contribution in [0.1, 0.15) is 22.3 Å². The lowest BCUT2D eigenvalue weighted by Crippen LogP contribution is -2.34. The Bertz CT molecular complexity index is 1140. The minimum atomic E-state index is -0.328. The number of aryl methyl sites for hydroxylation is 2. The highest BCUT2D eigenvalue weighted by molar-refractivity contribution is 6.23. The van der Waals surface area contributed by atoms with Gasteiger partial charge in [0.25, 0.3) is 0 Å². The second kappa shape index (κ2) is 6.42. The Kier molecular flexibility index (Phi) is 4.09. The van der Waals surface area contributed by atoms with Crippen molar-refractivity contribution in [1.29, 1.82) is 0 Å².